The Morgan fingerprint density at radius 1 is 1.03 bits per heavy atom. The topological polar surface area (TPSA) is 42.4 Å². The second-order valence-electron chi connectivity index (χ2n) is 8.11. The average Bonchev–Trinajstić information content (AvgIpc) is 3.41. The smallest absolute Gasteiger partial charge is 0.254 e. The minimum atomic E-state index is -0.282. The molecule has 148 valence electrons. The summed E-state index contributed by atoms with van der Waals surface area (Å²) in [6, 6.07) is 18.7. The lowest BCUT2D eigenvalue weighted by molar-refractivity contribution is 0.0259. The third-order valence-corrected chi connectivity index (χ3v) is 6.23. The van der Waals surface area contributed by atoms with E-state index in [1.807, 2.05) is 53.4 Å². The maximum absolute atomic E-state index is 14.2. The van der Waals surface area contributed by atoms with Gasteiger partial charge in [-0.15, -0.1) is 0 Å². The molecule has 2 atom stereocenters. The zero-order valence-electron chi connectivity index (χ0n) is 16.2. The SMILES string of the molecule is O=C(c1ccc2cc(-c3cc(F)cc4cccnc34)ccc2c1)N1C[C@H]2C[C@@H]1CO2. The number of nitrogens with zero attached hydrogens (tertiary/aromatic N) is 2. The van der Waals surface area contributed by atoms with Crippen LogP contribution in [0, 0.1) is 5.82 Å². The van der Waals surface area contributed by atoms with E-state index in [-0.39, 0.29) is 23.9 Å². The summed E-state index contributed by atoms with van der Waals surface area (Å²) in [5, 5.41) is 2.76. The average molecular weight is 398 g/mol. The predicted octanol–water partition coefficient (Wildman–Crippen LogP) is 4.81. The highest BCUT2D eigenvalue weighted by Crippen LogP contribution is 2.32. The first-order valence-corrected chi connectivity index (χ1v) is 10.2. The Morgan fingerprint density at radius 3 is 2.73 bits per heavy atom. The van der Waals surface area contributed by atoms with Crippen molar-refractivity contribution in [3.63, 3.8) is 0 Å². The first kappa shape index (κ1) is 17.5. The third-order valence-electron chi connectivity index (χ3n) is 6.23. The number of ether oxygens (including phenoxy) is 1. The van der Waals surface area contributed by atoms with Gasteiger partial charge in [-0.3, -0.25) is 9.78 Å². The van der Waals surface area contributed by atoms with Gasteiger partial charge in [0.1, 0.15) is 5.82 Å². The number of rotatable bonds is 2. The van der Waals surface area contributed by atoms with Crippen LogP contribution >= 0.6 is 0 Å². The van der Waals surface area contributed by atoms with Gasteiger partial charge in [-0.25, -0.2) is 4.39 Å². The number of likely N-dealkylation sites (tertiary alicyclic amines) is 1. The molecule has 4 aromatic rings. The lowest BCUT2D eigenvalue weighted by Crippen LogP contribution is -2.41. The molecule has 0 radical (unpaired) electrons. The second-order valence-corrected chi connectivity index (χ2v) is 8.11. The van der Waals surface area contributed by atoms with E-state index in [1.165, 1.54) is 12.1 Å². The van der Waals surface area contributed by atoms with Crippen LogP contribution in [0.4, 0.5) is 4.39 Å². The Balaban J connectivity index is 1.39. The van der Waals surface area contributed by atoms with Gasteiger partial charge in [0.25, 0.3) is 5.91 Å². The highest BCUT2D eigenvalue weighted by atomic mass is 19.1. The van der Waals surface area contributed by atoms with Crippen molar-refractivity contribution in [2.45, 2.75) is 18.6 Å². The van der Waals surface area contributed by atoms with Gasteiger partial charge in [0.2, 0.25) is 0 Å². The van der Waals surface area contributed by atoms with E-state index in [2.05, 4.69) is 4.98 Å². The van der Waals surface area contributed by atoms with E-state index in [0.29, 0.717) is 18.7 Å². The molecule has 0 N–H and O–H groups in total. The summed E-state index contributed by atoms with van der Waals surface area (Å²) in [4.78, 5) is 19.4. The number of aromatic nitrogens is 1. The summed E-state index contributed by atoms with van der Waals surface area (Å²) in [5.41, 5.74) is 3.14. The number of carbonyl (C=O) groups excluding carboxylic acids is 1. The van der Waals surface area contributed by atoms with Crippen molar-refractivity contribution in [2.24, 2.45) is 0 Å². The molecule has 2 fully saturated rings. The minimum absolute atomic E-state index is 0.0668. The minimum Gasteiger partial charge on any atom is -0.374 e. The fourth-order valence-corrected chi connectivity index (χ4v) is 4.74. The van der Waals surface area contributed by atoms with Gasteiger partial charge < -0.3 is 9.64 Å². The summed E-state index contributed by atoms with van der Waals surface area (Å²) < 4.78 is 19.8. The second kappa shape index (κ2) is 6.61. The molecule has 0 saturated carbocycles. The number of amides is 1. The largest absolute Gasteiger partial charge is 0.374 e. The molecule has 4 nitrogen and oxygen atoms in total. The van der Waals surface area contributed by atoms with Crippen molar-refractivity contribution in [3.05, 3.63) is 78.2 Å². The first-order chi connectivity index (χ1) is 14.7. The van der Waals surface area contributed by atoms with Crippen LogP contribution in [0.5, 0.6) is 0 Å². The fraction of sp³-hybridized carbons (Fsp3) is 0.200. The highest BCUT2D eigenvalue weighted by molar-refractivity contribution is 6.01. The van der Waals surface area contributed by atoms with Gasteiger partial charge in [0, 0.05) is 29.3 Å². The highest BCUT2D eigenvalue weighted by Gasteiger charge is 2.41. The maximum atomic E-state index is 14.2. The molecule has 3 aromatic carbocycles. The van der Waals surface area contributed by atoms with Crippen LogP contribution in [0.2, 0.25) is 0 Å². The normalized spacial score (nSPS) is 20.4. The molecule has 2 aliphatic heterocycles. The number of hydrogen-bond acceptors (Lipinski definition) is 3. The number of carbonyl (C=O) groups is 1. The standard InChI is InChI=1S/C25H19FN2O2/c26-20-10-18-2-1-7-27-24(18)23(11-20)17-5-3-16-9-19(6-4-15(16)8-17)25(29)28-13-22-12-21(28)14-30-22/h1-11,21-22H,12-14H2/t21-,22-/m1/s1. The van der Waals surface area contributed by atoms with Crippen molar-refractivity contribution in [2.75, 3.05) is 13.2 Å². The molecule has 3 heterocycles. The zero-order chi connectivity index (χ0) is 20.2. The van der Waals surface area contributed by atoms with Crippen molar-refractivity contribution in [1.82, 2.24) is 9.88 Å². The monoisotopic (exact) mass is 398 g/mol. The Bertz CT molecular complexity index is 1320. The Morgan fingerprint density at radius 2 is 1.90 bits per heavy atom. The van der Waals surface area contributed by atoms with Gasteiger partial charge in [0.15, 0.2) is 0 Å². The number of pyridine rings is 1. The van der Waals surface area contributed by atoms with Gasteiger partial charge in [-0.2, -0.15) is 0 Å². The Labute approximate surface area is 172 Å². The van der Waals surface area contributed by atoms with Gasteiger partial charge in [0.05, 0.1) is 24.3 Å². The summed E-state index contributed by atoms with van der Waals surface area (Å²) in [7, 11) is 0. The number of fused-ring (bicyclic) bond motifs is 4. The summed E-state index contributed by atoms with van der Waals surface area (Å²) >= 11 is 0. The van der Waals surface area contributed by atoms with Gasteiger partial charge in [-0.1, -0.05) is 24.3 Å². The lowest BCUT2D eigenvalue weighted by atomic mass is 9.97. The first-order valence-electron chi connectivity index (χ1n) is 10.2. The van der Waals surface area contributed by atoms with Crippen LogP contribution in [0.3, 0.4) is 0 Å². The quantitative estimate of drug-likeness (QED) is 0.487. The molecule has 0 unspecified atom stereocenters. The zero-order valence-corrected chi connectivity index (χ0v) is 16.2. The molecule has 1 aromatic heterocycles. The van der Waals surface area contributed by atoms with E-state index in [0.717, 1.165) is 39.2 Å². The van der Waals surface area contributed by atoms with E-state index < -0.39 is 0 Å². The molecular weight excluding hydrogens is 379 g/mol. The summed E-state index contributed by atoms with van der Waals surface area (Å²) in [5.74, 6) is -0.215. The molecular formula is C25H19FN2O2. The lowest BCUT2D eigenvalue weighted by Gasteiger charge is -2.27. The number of benzene rings is 3. The molecule has 5 heteroatoms. The van der Waals surface area contributed by atoms with E-state index in [4.69, 9.17) is 4.74 Å². The van der Waals surface area contributed by atoms with Crippen LogP contribution < -0.4 is 0 Å². The van der Waals surface area contributed by atoms with Crippen LogP contribution in [0.15, 0.2) is 66.9 Å². The molecule has 2 bridgehead atoms. The number of halogens is 1. The fourth-order valence-electron chi connectivity index (χ4n) is 4.74. The van der Waals surface area contributed by atoms with Crippen molar-refractivity contribution in [1.29, 1.82) is 0 Å². The molecule has 0 spiro atoms. The summed E-state index contributed by atoms with van der Waals surface area (Å²) in [6.07, 6.45) is 2.86. The van der Waals surface area contributed by atoms with E-state index in [1.54, 1.807) is 6.20 Å². The molecule has 6 rings (SSSR count). The third kappa shape index (κ3) is 2.77. The summed E-state index contributed by atoms with van der Waals surface area (Å²) in [6.45, 7) is 1.32. The number of morpholine rings is 1. The molecule has 0 aliphatic carbocycles. The maximum Gasteiger partial charge on any atom is 0.254 e. The van der Waals surface area contributed by atoms with E-state index >= 15 is 0 Å². The Kier molecular flexibility index (Phi) is 3.86. The number of hydrogen-bond donors (Lipinski definition) is 0. The van der Waals surface area contributed by atoms with Crippen LogP contribution in [0.1, 0.15) is 16.8 Å². The molecule has 2 aliphatic rings. The van der Waals surface area contributed by atoms with Crippen LogP contribution in [0.25, 0.3) is 32.8 Å². The Hall–Kier alpha value is -3.31. The molecule has 30 heavy (non-hydrogen) atoms. The molecule has 2 saturated heterocycles. The van der Waals surface area contributed by atoms with Crippen molar-refractivity contribution < 1.29 is 13.9 Å². The van der Waals surface area contributed by atoms with E-state index in [9.17, 15) is 9.18 Å². The van der Waals surface area contributed by atoms with Gasteiger partial charge >= 0.3 is 0 Å². The van der Waals surface area contributed by atoms with Crippen molar-refractivity contribution >= 4 is 27.6 Å². The molecule has 1 amide bonds. The van der Waals surface area contributed by atoms with Gasteiger partial charge in [-0.05, 0) is 59.2 Å². The van der Waals surface area contributed by atoms with Crippen molar-refractivity contribution in [3.8, 4) is 11.1 Å². The predicted molar refractivity (Wildman–Crippen MR) is 114 cm³/mol. The van der Waals surface area contributed by atoms with Crippen LogP contribution in [-0.2, 0) is 4.74 Å². The van der Waals surface area contributed by atoms with Crippen LogP contribution in [-0.4, -0.2) is 41.1 Å².